The molecule has 8 nitrogen and oxygen atoms in total. The summed E-state index contributed by atoms with van der Waals surface area (Å²) in [4.78, 5) is 38.5. The third kappa shape index (κ3) is 5.10. The van der Waals surface area contributed by atoms with E-state index in [-0.39, 0.29) is 0 Å². The highest BCUT2D eigenvalue weighted by Crippen LogP contribution is 2.49. The van der Waals surface area contributed by atoms with Crippen LogP contribution in [0.2, 0.25) is 13.1 Å². The van der Waals surface area contributed by atoms with Crippen molar-refractivity contribution in [2.24, 2.45) is 0 Å². The Balaban J connectivity index is 1.67. The van der Waals surface area contributed by atoms with Gasteiger partial charge in [-0.3, -0.25) is 10.6 Å². The average molecular weight is 573 g/mol. The summed E-state index contributed by atoms with van der Waals surface area (Å²) < 4.78 is 17.3. The van der Waals surface area contributed by atoms with Crippen molar-refractivity contribution in [3.05, 3.63) is 82.9 Å². The monoisotopic (exact) mass is 572 g/mol. The minimum atomic E-state index is -2.50. The summed E-state index contributed by atoms with van der Waals surface area (Å²) in [6, 6.07) is 18.8. The van der Waals surface area contributed by atoms with Crippen LogP contribution in [0.25, 0.3) is 0 Å². The third-order valence-electron chi connectivity index (χ3n) is 7.21. The molecule has 0 saturated heterocycles. The van der Waals surface area contributed by atoms with Crippen LogP contribution in [-0.4, -0.2) is 37.4 Å². The number of nitrogens with one attached hydrogen (secondary N) is 2. The molecule has 1 spiro atoms. The Bertz CT molecular complexity index is 1500. The van der Waals surface area contributed by atoms with Gasteiger partial charge in [0.05, 0.1) is 5.56 Å². The number of carbonyl (C=O) groups excluding carboxylic acids is 3. The first-order chi connectivity index (χ1) is 19.0. The number of benzene rings is 3. The molecule has 5 rings (SSSR count). The Hall–Kier alpha value is -4.11. The summed E-state index contributed by atoms with van der Waals surface area (Å²) in [5.41, 5.74) is 1.70. The number of fused-ring (bicyclic) bond motifs is 6. The van der Waals surface area contributed by atoms with Gasteiger partial charge in [0.1, 0.15) is 19.3 Å². The number of ether oxygens (including phenoxy) is 3. The average Bonchev–Trinajstić information content (AvgIpc) is 3.14. The van der Waals surface area contributed by atoms with Crippen LogP contribution in [0.4, 0.5) is 21.0 Å². The quantitative estimate of drug-likeness (QED) is 0.223. The molecule has 2 aliphatic heterocycles. The van der Waals surface area contributed by atoms with Crippen molar-refractivity contribution in [3.63, 3.8) is 0 Å². The van der Waals surface area contributed by atoms with E-state index in [1.54, 1.807) is 6.07 Å². The van der Waals surface area contributed by atoms with E-state index in [4.69, 9.17) is 14.2 Å². The molecule has 41 heavy (non-hydrogen) atoms. The fourth-order valence-electron chi connectivity index (χ4n) is 5.64. The molecule has 9 heteroatoms. The van der Waals surface area contributed by atoms with Gasteiger partial charge >= 0.3 is 18.2 Å². The highest BCUT2D eigenvalue weighted by atomic mass is 28.3. The molecule has 214 valence electrons. The molecule has 0 aromatic heterocycles. The van der Waals surface area contributed by atoms with Crippen LogP contribution in [0.3, 0.4) is 0 Å². The van der Waals surface area contributed by atoms with Crippen LogP contribution < -0.4 is 21.0 Å². The Morgan fingerprint density at radius 3 is 1.66 bits per heavy atom. The SMILES string of the molecule is CC(C)(C)OC(=O)Nc1ccc2c(c1)[Si](C)(C)c1cc(NC(=O)OC(C)(C)C)ccc1C21OC(=O)c2ccccc21. The van der Waals surface area contributed by atoms with E-state index in [0.29, 0.717) is 16.9 Å². The summed E-state index contributed by atoms with van der Waals surface area (Å²) in [6.07, 6.45) is -1.10. The molecule has 3 aromatic rings. The van der Waals surface area contributed by atoms with Crippen LogP contribution in [0.1, 0.15) is 68.6 Å². The predicted molar refractivity (Wildman–Crippen MR) is 161 cm³/mol. The first kappa shape index (κ1) is 28.4. The fourth-order valence-corrected chi connectivity index (χ4v) is 8.83. The van der Waals surface area contributed by atoms with Crippen LogP contribution in [-0.2, 0) is 19.8 Å². The lowest BCUT2D eigenvalue weighted by molar-refractivity contribution is 0.0255. The molecular formula is C32H36N2O6Si. The number of amides is 2. The molecule has 3 aromatic carbocycles. The molecule has 0 aliphatic carbocycles. The zero-order valence-electron chi connectivity index (χ0n) is 24.7. The highest BCUT2D eigenvalue weighted by molar-refractivity contribution is 7.01. The molecule has 0 unspecified atom stereocenters. The Labute approximate surface area is 241 Å². The number of anilines is 2. The van der Waals surface area contributed by atoms with Gasteiger partial charge in [-0.05, 0) is 82.2 Å². The lowest BCUT2D eigenvalue weighted by atomic mass is 9.79. The Morgan fingerprint density at radius 2 is 1.20 bits per heavy atom. The van der Waals surface area contributed by atoms with Crippen LogP contribution >= 0.6 is 0 Å². The van der Waals surface area contributed by atoms with Crippen LogP contribution in [0.5, 0.6) is 0 Å². The minimum Gasteiger partial charge on any atom is -0.444 e. The zero-order valence-corrected chi connectivity index (χ0v) is 25.7. The molecule has 0 saturated carbocycles. The number of hydrogen-bond acceptors (Lipinski definition) is 6. The fraction of sp³-hybridized carbons (Fsp3) is 0.344. The molecule has 0 atom stereocenters. The standard InChI is InChI=1S/C32H36N2O6Si/c1-30(2,3)39-28(36)33-19-13-15-23-25(17-19)41(7,8)26-18-20(34-29(37)40-31(4,5)6)14-16-24(26)32(23)22-12-10-9-11-21(22)27(35)38-32/h9-18H,1-8H3,(H,33,36)(H,34,37). The first-order valence-electron chi connectivity index (χ1n) is 13.6. The third-order valence-corrected chi connectivity index (χ3v) is 10.7. The van der Waals surface area contributed by atoms with Gasteiger partial charge in [-0.25, -0.2) is 14.4 Å². The number of hydrogen-bond donors (Lipinski definition) is 2. The van der Waals surface area contributed by atoms with Crippen molar-refractivity contribution in [1.82, 2.24) is 0 Å². The summed E-state index contributed by atoms with van der Waals surface area (Å²) in [5.74, 6) is -0.397. The molecule has 0 bridgehead atoms. The predicted octanol–water partition coefficient (Wildman–Crippen LogP) is 5.98. The van der Waals surface area contributed by atoms with Crippen molar-refractivity contribution >= 4 is 48.0 Å². The second-order valence-electron chi connectivity index (χ2n) is 13.0. The van der Waals surface area contributed by atoms with E-state index in [2.05, 4.69) is 23.7 Å². The second kappa shape index (κ2) is 9.48. The minimum absolute atomic E-state index is 0.397. The number of esters is 1. The van der Waals surface area contributed by atoms with Gasteiger partial charge in [0.15, 0.2) is 5.60 Å². The molecule has 0 fully saturated rings. The van der Waals surface area contributed by atoms with E-state index in [1.165, 1.54) is 0 Å². The first-order valence-corrected chi connectivity index (χ1v) is 16.6. The van der Waals surface area contributed by atoms with Crippen molar-refractivity contribution in [2.75, 3.05) is 10.6 Å². The summed E-state index contributed by atoms with van der Waals surface area (Å²) in [6.45, 7) is 15.3. The molecule has 2 aliphatic rings. The van der Waals surface area contributed by atoms with Gasteiger partial charge in [-0.15, -0.1) is 0 Å². The summed E-state index contributed by atoms with van der Waals surface area (Å²) >= 11 is 0. The Morgan fingerprint density at radius 1 is 0.732 bits per heavy atom. The molecule has 2 heterocycles. The molecule has 2 amide bonds. The maximum atomic E-state index is 13.3. The van der Waals surface area contributed by atoms with E-state index >= 15 is 0 Å². The van der Waals surface area contributed by atoms with Crippen molar-refractivity contribution in [2.45, 2.75) is 71.4 Å². The normalized spacial score (nSPS) is 16.1. The van der Waals surface area contributed by atoms with Gasteiger partial charge in [0.25, 0.3) is 0 Å². The van der Waals surface area contributed by atoms with E-state index < -0.39 is 43.0 Å². The summed E-state index contributed by atoms with van der Waals surface area (Å²) in [7, 11) is -2.50. The van der Waals surface area contributed by atoms with Gasteiger partial charge in [0, 0.05) is 28.1 Å². The van der Waals surface area contributed by atoms with Crippen LogP contribution in [0, 0.1) is 0 Å². The smallest absolute Gasteiger partial charge is 0.412 e. The van der Waals surface area contributed by atoms with Crippen LogP contribution in [0.15, 0.2) is 60.7 Å². The van der Waals surface area contributed by atoms with Gasteiger partial charge in [-0.2, -0.15) is 0 Å². The van der Waals surface area contributed by atoms with E-state index in [9.17, 15) is 14.4 Å². The lowest BCUT2D eigenvalue weighted by Gasteiger charge is -2.44. The lowest BCUT2D eigenvalue weighted by Crippen LogP contribution is -2.63. The van der Waals surface area contributed by atoms with Crippen molar-refractivity contribution in [3.8, 4) is 0 Å². The Kier molecular flexibility index (Phi) is 6.57. The van der Waals surface area contributed by atoms with E-state index in [0.717, 1.165) is 27.1 Å². The highest BCUT2D eigenvalue weighted by Gasteiger charge is 2.56. The maximum absolute atomic E-state index is 13.3. The van der Waals surface area contributed by atoms with Gasteiger partial charge < -0.3 is 14.2 Å². The molecule has 2 N–H and O–H groups in total. The van der Waals surface area contributed by atoms with Crippen molar-refractivity contribution in [1.29, 1.82) is 0 Å². The summed E-state index contributed by atoms with van der Waals surface area (Å²) in [5, 5.41) is 7.71. The maximum Gasteiger partial charge on any atom is 0.412 e. The molecular weight excluding hydrogens is 536 g/mol. The largest absolute Gasteiger partial charge is 0.444 e. The number of carbonyl (C=O) groups is 3. The molecule has 0 radical (unpaired) electrons. The topological polar surface area (TPSA) is 103 Å². The number of rotatable bonds is 2. The second-order valence-corrected chi connectivity index (χ2v) is 17.3. The van der Waals surface area contributed by atoms with E-state index in [1.807, 2.05) is 96.1 Å². The van der Waals surface area contributed by atoms with Crippen molar-refractivity contribution < 1.29 is 28.6 Å². The zero-order chi connectivity index (χ0) is 30.0. The van der Waals surface area contributed by atoms with Gasteiger partial charge in [-0.1, -0.05) is 43.4 Å². The van der Waals surface area contributed by atoms with Gasteiger partial charge in [0.2, 0.25) is 0 Å².